The molecule has 0 saturated carbocycles. The summed E-state index contributed by atoms with van der Waals surface area (Å²) in [6.45, 7) is 2.91. The average Bonchev–Trinajstić information content (AvgIpc) is 3.35. The molecule has 1 aliphatic heterocycles. The van der Waals surface area contributed by atoms with Gasteiger partial charge in [0.1, 0.15) is 11.3 Å². The molecule has 1 saturated heterocycles. The molecule has 15 heteroatoms. The van der Waals surface area contributed by atoms with Crippen molar-refractivity contribution in [2.45, 2.75) is 25.7 Å². The van der Waals surface area contributed by atoms with Gasteiger partial charge >= 0.3 is 6.18 Å². The van der Waals surface area contributed by atoms with Crippen LogP contribution in [0.2, 0.25) is 5.02 Å². The van der Waals surface area contributed by atoms with Gasteiger partial charge in [-0.2, -0.15) is 13.2 Å². The van der Waals surface area contributed by atoms with E-state index in [2.05, 4.69) is 20.3 Å². The second-order valence-electron chi connectivity index (χ2n) is 9.48. The van der Waals surface area contributed by atoms with Gasteiger partial charge in [0.15, 0.2) is 17.5 Å². The molecule has 1 amide bonds. The summed E-state index contributed by atoms with van der Waals surface area (Å²) in [7, 11) is 0. The molecule has 1 aliphatic rings. The van der Waals surface area contributed by atoms with Gasteiger partial charge in [-0.15, -0.1) is 0 Å². The number of aromatic amines is 1. The Morgan fingerprint density at radius 2 is 1.85 bits per heavy atom. The molecule has 1 fully saturated rings. The highest BCUT2D eigenvalue weighted by Gasteiger charge is 2.33. The molecule has 5 rings (SSSR count). The summed E-state index contributed by atoms with van der Waals surface area (Å²) in [4.78, 5) is 28.1. The average molecular weight is 599 g/mol. The van der Waals surface area contributed by atoms with Gasteiger partial charge < -0.3 is 25.2 Å². The first-order valence-corrected chi connectivity index (χ1v) is 12.6. The van der Waals surface area contributed by atoms with Crippen molar-refractivity contribution < 1.29 is 36.2 Å². The van der Waals surface area contributed by atoms with Crippen molar-refractivity contribution in [3.63, 3.8) is 0 Å². The summed E-state index contributed by atoms with van der Waals surface area (Å²) < 4.78 is 81.7. The highest BCUT2D eigenvalue weighted by molar-refractivity contribution is 6.33. The number of anilines is 3. The lowest BCUT2D eigenvalue weighted by molar-refractivity contribution is -0.137. The molecule has 0 spiro atoms. The largest absolute Gasteiger partial charge is 0.416 e. The normalized spacial score (nSPS) is 16.0. The second-order valence-corrected chi connectivity index (χ2v) is 9.89. The van der Waals surface area contributed by atoms with Crippen LogP contribution in [0.25, 0.3) is 11.0 Å². The number of benzene rings is 2. The topological polar surface area (TPSA) is 97.4 Å². The van der Waals surface area contributed by atoms with E-state index in [0.717, 1.165) is 6.07 Å². The summed E-state index contributed by atoms with van der Waals surface area (Å²) in [6, 6.07) is 3.77. The van der Waals surface area contributed by atoms with E-state index >= 15 is 0 Å². The molecule has 0 bridgehead atoms. The molecule has 216 valence electrons. The number of carbonyl (C=O) groups excluding carboxylic acids is 1. The minimum absolute atomic E-state index is 0.0247. The van der Waals surface area contributed by atoms with E-state index in [1.165, 1.54) is 6.20 Å². The molecule has 1 unspecified atom stereocenters. The van der Waals surface area contributed by atoms with Crippen LogP contribution < -0.4 is 15.1 Å². The first-order chi connectivity index (χ1) is 19.3. The smallest absolute Gasteiger partial charge is 0.392 e. The van der Waals surface area contributed by atoms with E-state index < -0.39 is 40.7 Å². The Hall–Kier alpha value is -4.04. The van der Waals surface area contributed by atoms with Gasteiger partial charge in [0.25, 0.3) is 5.91 Å². The fraction of sp³-hybridized carbons (Fsp3) is 0.269. The predicted octanol–water partition coefficient (Wildman–Crippen LogP) is 5.51. The number of carbonyl (C=O) groups is 1. The highest BCUT2D eigenvalue weighted by atomic mass is 35.5. The monoisotopic (exact) mass is 598 g/mol. The number of H-pyrrole nitrogens is 1. The summed E-state index contributed by atoms with van der Waals surface area (Å²) in [5, 5.41) is 11.9. The van der Waals surface area contributed by atoms with Crippen molar-refractivity contribution >= 4 is 46.0 Å². The van der Waals surface area contributed by atoms with E-state index in [1.54, 1.807) is 6.07 Å². The molecule has 3 heterocycles. The Bertz CT molecular complexity index is 1620. The Kier molecular flexibility index (Phi) is 7.46. The third-order valence-corrected chi connectivity index (χ3v) is 6.93. The van der Waals surface area contributed by atoms with Crippen molar-refractivity contribution in [2.75, 3.05) is 34.8 Å². The van der Waals surface area contributed by atoms with Gasteiger partial charge in [-0.25, -0.2) is 23.1 Å². The molecule has 8 nitrogen and oxygen atoms in total. The lowest BCUT2D eigenvalue weighted by atomic mass is 10.1. The van der Waals surface area contributed by atoms with Crippen molar-refractivity contribution in [1.82, 2.24) is 15.0 Å². The summed E-state index contributed by atoms with van der Waals surface area (Å²) >= 11 is 6.34. The lowest BCUT2D eigenvalue weighted by Crippen LogP contribution is -2.52. The molecule has 0 radical (unpaired) electrons. The van der Waals surface area contributed by atoms with Crippen molar-refractivity contribution in [1.29, 1.82) is 0 Å². The first kappa shape index (κ1) is 28.5. The molecule has 4 aromatic rings. The van der Waals surface area contributed by atoms with E-state index in [-0.39, 0.29) is 35.3 Å². The number of aromatic nitrogens is 3. The van der Waals surface area contributed by atoms with Gasteiger partial charge in [-0.05, 0) is 42.8 Å². The molecule has 41 heavy (non-hydrogen) atoms. The number of piperazine rings is 1. The Morgan fingerprint density at radius 3 is 2.46 bits per heavy atom. The second kappa shape index (κ2) is 10.7. The van der Waals surface area contributed by atoms with E-state index in [9.17, 15) is 36.2 Å². The van der Waals surface area contributed by atoms with Crippen LogP contribution in [0.15, 0.2) is 36.5 Å². The van der Waals surface area contributed by atoms with E-state index in [0.29, 0.717) is 54.2 Å². The number of imidazole rings is 1. The van der Waals surface area contributed by atoms with Crippen LogP contribution >= 0.6 is 11.6 Å². The minimum Gasteiger partial charge on any atom is -0.392 e. The summed E-state index contributed by atoms with van der Waals surface area (Å²) in [6.07, 6.45) is -3.27. The number of alkyl halides is 3. The zero-order valence-corrected chi connectivity index (χ0v) is 21.9. The molecule has 2 aromatic carbocycles. The van der Waals surface area contributed by atoms with Gasteiger partial charge in [0.05, 0.1) is 28.4 Å². The van der Waals surface area contributed by atoms with Gasteiger partial charge in [0, 0.05) is 37.4 Å². The number of hydrogen-bond acceptors (Lipinski definition) is 6. The summed E-state index contributed by atoms with van der Waals surface area (Å²) in [5.74, 6) is -5.44. The Balaban J connectivity index is 1.45. The van der Waals surface area contributed by atoms with Crippen molar-refractivity contribution in [2.24, 2.45) is 0 Å². The number of nitrogens with one attached hydrogen (secondary N) is 2. The quantitative estimate of drug-likeness (QED) is 0.207. The third-order valence-electron chi connectivity index (χ3n) is 6.66. The number of rotatable bonds is 5. The zero-order valence-electron chi connectivity index (χ0n) is 21.2. The van der Waals surface area contributed by atoms with E-state index in [4.69, 9.17) is 11.6 Å². The third kappa shape index (κ3) is 5.61. The molecule has 2 aromatic heterocycles. The van der Waals surface area contributed by atoms with Crippen LogP contribution in [-0.2, 0) is 12.8 Å². The highest BCUT2D eigenvalue weighted by Crippen LogP contribution is 2.36. The van der Waals surface area contributed by atoms with Crippen LogP contribution in [0.5, 0.6) is 0 Å². The lowest BCUT2D eigenvalue weighted by Gasteiger charge is -2.40. The summed E-state index contributed by atoms with van der Waals surface area (Å²) in [5.41, 5.74) is -1.60. The maximum absolute atomic E-state index is 13.7. The number of aliphatic hydroxyl groups excluding tert-OH is 1. The SMILES string of the molecule is CC1CN(c2ncc(CO)cc2Cl)CCN1c1nc2c(NC(=O)c3cc(F)c(F)c(F)c3)cc(C(F)(F)F)cc2[nH]1. The maximum atomic E-state index is 13.7. The predicted molar refractivity (Wildman–Crippen MR) is 140 cm³/mol. The van der Waals surface area contributed by atoms with Gasteiger partial charge in [-0.3, -0.25) is 4.79 Å². The van der Waals surface area contributed by atoms with Crippen LogP contribution in [0.3, 0.4) is 0 Å². The number of halogens is 7. The van der Waals surface area contributed by atoms with Gasteiger partial charge in [0.2, 0.25) is 5.95 Å². The molecule has 3 N–H and O–H groups in total. The number of nitrogens with zero attached hydrogens (tertiary/aromatic N) is 4. The Labute approximate surface area is 233 Å². The molecule has 0 aliphatic carbocycles. The van der Waals surface area contributed by atoms with Crippen LogP contribution in [0, 0.1) is 17.5 Å². The zero-order chi connectivity index (χ0) is 29.6. The number of hydrogen-bond donors (Lipinski definition) is 3. The van der Waals surface area contributed by atoms with Crippen molar-refractivity contribution in [3.05, 3.63) is 75.7 Å². The fourth-order valence-corrected chi connectivity index (χ4v) is 4.94. The van der Waals surface area contributed by atoms with Gasteiger partial charge in [-0.1, -0.05) is 11.6 Å². The van der Waals surface area contributed by atoms with Crippen LogP contribution in [-0.4, -0.2) is 51.6 Å². The number of amides is 1. The van der Waals surface area contributed by atoms with Crippen LogP contribution in [0.4, 0.5) is 43.8 Å². The minimum atomic E-state index is -4.79. The maximum Gasteiger partial charge on any atom is 0.416 e. The van der Waals surface area contributed by atoms with Crippen molar-refractivity contribution in [3.8, 4) is 0 Å². The fourth-order valence-electron chi connectivity index (χ4n) is 4.63. The first-order valence-electron chi connectivity index (χ1n) is 12.2. The standard InChI is InChI=1S/C26H21ClF6N6O2/c1-12-10-38(23-16(27)4-13(11-40)9-34-23)2-3-39(12)25-36-20-8-15(26(31,32)33)7-19(22(20)37-25)35-24(41)14-5-17(28)21(30)18(29)6-14/h4-9,12,40H,2-3,10-11H2,1H3,(H,35,41)(H,36,37). The molecule has 1 atom stereocenters. The molecular weight excluding hydrogens is 578 g/mol. The van der Waals surface area contributed by atoms with E-state index in [1.807, 2.05) is 16.7 Å². The number of pyridine rings is 1. The molecular formula is C26H21ClF6N6O2. The number of aliphatic hydroxyl groups is 1. The Morgan fingerprint density at radius 1 is 1.15 bits per heavy atom. The van der Waals surface area contributed by atoms with Crippen LogP contribution in [0.1, 0.15) is 28.4 Å². The number of fused-ring (bicyclic) bond motifs is 1.